The van der Waals surface area contributed by atoms with E-state index in [0.717, 1.165) is 11.9 Å². The highest BCUT2D eigenvalue weighted by Gasteiger charge is 2.48. The molecule has 1 aliphatic carbocycles. The third-order valence-electron chi connectivity index (χ3n) is 5.73. The summed E-state index contributed by atoms with van der Waals surface area (Å²) in [5.74, 6) is 0.0373. The van der Waals surface area contributed by atoms with Gasteiger partial charge in [-0.1, -0.05) is 13.8 Å². The van der Waals surface area contributed by atoms with E-state index in [2.05, 4.69) is 39.5 Å². The maximum atomic E-state index is 12.8. The second-order valence-electron chi connectivity index (χ2n) is 7.65. The molecule has 0 saturated heterocycles. The first kappa shape index (κ1) is 18.1. The summed E-state index contributed by atoms with van der Waals surface area (Å²) in [5.41, 5.74) is 1.25. The summed E-state index contributed by atoms with van der Waals surface area (Å²) in [4.78, 5) is 32.8. The molecule has 4 rings (SSSR count). The van der Waals surface area contributed by atoms with Gasteiger partial charge in [-0.15, -0.1) is 0 Å². The molecule has 2 amide bonds. The Hall–Kier alpha value is -3.29. The highest BCUT2D eigenvalue weighted by molar-refractivity contribution is 6.00. The second-order valence-corrected chi connectivity index (χ2v) is 7.65. The maximum Gasteiger partial charge on any atom is 0.289 e. The summed E-state index contributed by atoms with van der Waals surface area (Å²) in [5, 5.41) is 10.2. The number of hydrogen-bond donors (Lipinski definition) is 2. The molecule has 0 aliphatic heterocycles. The van der Waals surface area contributed by atoms with Crippen molar-refractivity contribution in [1.82, 2.24) is 30.2 Å². The quantitative estimate of drug-likeness (QED) is 0.704. The Bertz CT molecular complexity index is 1010. The normalized spacial score (nSPS) is 20.4. The van der Waals surface area contributed by atoms with Crippen LogP contribution >= 0.6 is 0 Å². The van der Waals surface area contributed by atoms with Crippen LogP contribution in [0.1, 0.15) is 41.2 Å². The van der Waals surface area contributed by atoms with Crippen molar-refractivity contribution in [3.63, 3.8) is 0 Å². The van der Waals surface area contributed by atoms with Gasteiger partial charge in [-0.2, -0.15) is 5.10 Å². The molecule has 3 aromatic heterocycles. The Balaban J connectivity index is 1.36. The average molecular weight is 378 g/mol. The number of rotatable bonds is 5. The van der Waals surface area contributed by atoms with E-state index in [-0.39, 0.29) is 35.0 Å². The maximum absolute atomic E-state index is 12.8. The van der Waals surface area contributed by atoms with Gasteiger partial charge in [0, 0.05) is 31.2 Å². The highest BCUT2D eigenvalue weighted by atomic mass is 16.2. The monoisotopic (exact) mass is 378 g/mol. The summed E-state index contributed by atoms with van der Waals surface area (Å²) >= 11 is 0. The molecule has 8 heteroatoms. The van der Waals surface area contributed by atoms with E-state index in [1.807, 2.05) is 18.3 Å². The molecule has 0 radical (unpaired) electrons. The molecule has 2 N–H and O–H groups in total. The van der Waals surface area contributed by atoms with Crippen molar-refractivity contribution in [2.45, 2.75) is 26.3 Å². The van der Waals surface area contributed by atoms with Crippen molar-refractivity contribution >= 4 is 17.3 Å². The molecule has 0 bridgehead atoms. The van der Waals surface area contributed by atoms with Crippen molar-refractivity contribution in [1.29, 1.82) is 0 Å². The van der Waals surface area contributed by atoms with Crippen LogP contribution in [0, 0.1) is 11.3 Å². The van der Waals surface area contributed by atoms with Crippen LogP contribution in [-0.4, -0.2) is 44.0 Å². The topological polar surface area (TPSA) is 101 Å². The first-order valence-corrected chi connectivity index (χ1v) is 9.25. The summed E-state index contributed by atoms with van der Waals surface area (Å²) in [6.45, 7) is 4.74. The third kappa shape index (κ3) is 3.21. The lowest BCUT2D eigenvalue weighted by Gasteiger charge is -2.52. The molecule has 0 spiro atoms. The fraction of sp³-hybridized carbons (Fsp3) is 0.350. The summed E-state index contributed by atoms with van der Waals surface area (Å²) in [6, 6.07) is 7.15. The van der Waals surface area contributed by atoms with Gasteiger partial charge in [0.15, 0.2) is 0 Å². The Morgan fingerprint density at radius 1 is 1.14 bits per heavy atom. The van der Waals surface area contributed by atoms with E-state index in [9.17, 15) is 9.59 Å². The van der Waals surface area contributed by atoms with Crippen molar-refractivity contribution in [2.24, 2.45) is 11.3 Å². The SMILES string of the molecule is CC1(C)C(CNC(=O)c2ncccn2)CC1NC(=O)c1cccn2nccc12. The first-order valence-electron chi connectivity index (χ1n) is 9.25. The Kier molecular flexibility index (Phi) is 4.54. The van der Waals surface area contributed by atoms with Crippen molar-refractivity contribution in [2.75, 3.05) is 6.54 Å². The van der Waals surface area contributed by atoms with Crippen LogP contribution in [0.2, 0.25) is 0 Å². The molecule has 28 heavy (non-hydrogen) atoms. The van der Waals surface area contributed by atoms with Gasteiger partial charge in [0.2, 0.25) is 5.82 Å². The number of amides is 2. The zero-order chi connectivity index (χ0) is 19.7. The molecule has 8 nitrogen and oxygen atoms in total. The third-order valence-corrected chi connectivity index (χ3v) is 5.73. The lowest BCUT2D eigenvalue weighted by molar-refractivity contribution is 0.0149. The predicted molar refractivity (Wildman–Crippen MR) is 103 cm³/mol. The number of carbonyl (C=O) groups is 2. The van der Waals surface area contributed by atoms with Crippen LogP contribution in [0.5, 0.6) is 0 Å². The second kappa shape index (κ2) is 7.03. The zero-order valence-electron chi connectivity index (χ0n) is 15.8. The molecule has 1 aliphatic rings. The van der Waals surface area contributed by atoms with Crippen LogP contribution < -0.4 is 10.6 Å². The number of carbonyl (C=O) groups excluding carboxylic acids is 2. The van der Waals surface area contributed by atoms with Gasteiger partial charge in [0.25, 0.3) is 11.8 Å². The van der Waals surface area contributed by atoms with E-state index < -0.39 is 0 Å². The summed E-state index contributed by atoms with van der Waals surface area (Å²) < 4.78 is 1.69. The van der Waals surface area contributed by atoms with Gasteiger partial charge < -0.3 is 10.6 Å². The van der Waals surface area contributed by atoms with E-state index in [1.54, 1.807) is 35.2 Å². The molecule has 2 unspecified atom stereocenters. The molecule has 0 aromatic carbocycles. The predicted octanol–water partition coefficient (Wildman–Crippen LogP) is 1.70. The Morgan fingerprint density at radius 2 is 1.93 bits per heavy atom. The molecule has 3 heterocycles. The molecule has 1 saturated carbocycles. The average Bonchev–Trinajstić information content (AvgIpc) is 3.19. The van der Waals surface area contributed by atoms with Crippen LogP contribution in [0.15, 0.2) is 49.1 Å². The van der Waals surface area contributed by atoms with Gasteiger partial charge in [-0.05, 0) is 42.0 Å². The fourth-order valence-corrected chi connectivity index (χ4v) is 3.70. The molecular formula is C20H22N6O2. The molecule has 144 valence electrons. The highest BCUT2D eigenvalue weighted by Crippen LogP contribution is 2.46. The fourth-order valence-electron chi connectivity index (χ4n) is 3.70. The smallest absolute Gasteiger partial charge is 0.289 e. The van der Waals surface area contributed by atoms with Crippen LogP contribution in [0.4, 0.5) is 0 Å². The van der Waals surface area contributed by atoms with E-state index >= 15 is 0 Å². The molecule has 3 aromatic rings. The van der Waals surface area contributed by atoms with E-state index in [4.69, 9.17) is 0 Å². The minimum Gasteiger partial charge on any atom is -0.349 e. The van der Waals surface area contributed by atoms with Crippen LogP contribution in [0.3, 0.4) is 0 Å². The lowest BCUT2D eigenvalue weighted by Crippen LogP contribution is -2.60. The van der Waals surface area contributed by atoms with Gasteiger partial charge in [0.1, 0.15) is 0 Å². The number of fused-ring (bicyclic) bond motifs is 1. The van der Waals surface area contributed by atoms with Gasteiger partial charge in [-0.3, -0.25) is 9.59 Å². The first-order chi connectivity index (χ1) is 13.5. The largest absolute Gasteiger partial charge is 0.349 e. The van der Waals surface area contributed by atoms with Gasteiger partial charge >= 0.3 is 0 Å². The van der Waals surface area contributed by atoms with Gasteiger partial charge in [-0.25, -0.2) is 14.5 Å². The number of nitrogens with zero attached hydrogens (tertiary/aromatic N) is 4. The molecular weight excluding hydrogens is 356 g/mol. The van der Waals surface area contributed by atoms with Crippen LogP contribution in [-0.2, 0) is 0 Å². The van der Waals surface area contributed by atoms with Crippen molar-refractivity contribution in [3.8, 4) is 0 Å². The standard InChI is InChI=1S/C20H22N6O2/c1-20(2)13(12-23-19(28)17-21-7-4-8-22-17)11-16(20)25-18(27)14-5-3-10-26-15(14)6-9-24-26/h3-10,13,16H,11-12H2,1-2H3,(H,23,28)(H,25,27). The Morgan fingerprint density at radius 3 is 2.68 bits per heavy atom. The summed E-state index contributed by atoms with van der Waals surface area (Å²) in [7, 11) is 0. The summed E-state index contributed by atoms with van der Waals surface area (Å²) in [6.07, 6.45) is 7.38. The minimum absolute atomic E-state index is 0.0399. The molecule has 2 atom stereocenters. The zero-order valence-corrected chi connectivity index (χ0v) is 15.8. The minimum atomic E-state index is -0.281. The Labute approximate surface area is 162 Å². The number of aromatic nitrogens is 4. The number of pyridine rings is 1. The van der Waals surface area contributed by atoms with E-state index in [0.29, 0.717) is 12.1 Å². The van der Waals surface area contributed by atoms with E-state index in [1.165, 1.54) is 0 Å². The van der Waals surface area contributed by atoms with Crippen LogP contribution in [0.25, 0.3) is 5.52 Å². The van der Waals surface area contributed by atoms with Gasteiger partial charge in [0.05, 0.1) is 17.3 Å². The molecule has 1 fully saturated rings. The number of hydrogen-bond acceptors (Lipinski definition) is 5. The number of nitrogens with one attached hydrogen (secondary N) is 2. The van der Waals surface area contributed by atoms with Crippen molar-refractivity contribution in [3.05, 3.63) is 60.4 Å². The van der Waals surface area contributed by atoms with Crippen molar-refractivity contribution < 1.29 is 9.59 Å². The lowest BCUT2D eigenvalue weighted by atomic mass is 9.58.